The van der Waals surface area contributed by atoms with E-state index in [4.69, 9.17) is 16.3 Å². The molecule has 2 aromatic carbocycles. The number of hydrogen-bond acceptors (Lipinski definition) is 5. The van der Waals surface area contributed by atoms with Gasteiger partial charge in [0.1, 0.15) is 12.1 Å². The molecular formula is C20H20ClN5O3. The van der Waals surface area contributed by atoms with Crippen molar-refractivity contribution in [3.63, 3.8) is 0 Å². The van der Waals surface area contributed by atoms with Crippen LogP contribution in [0, 0.1) is 0 Å². The van der Waals surface area contributed by atoms with Crippen LogP contribution in [0.2, 0.25) is 5.02 Å². The first-order valence-corrected chi connectivity index (χ1v) is 9.70. The van der Waals surface area contributed by atoms with Crippen LogP contribution in [0.4, 0.5) is 4.79 Å². The predicted molar refractivity (Wildman–Crippen MR) is 107 cm³/mol. The standard InChI is InChI=1S/C20H20ClN5O3/c21-16-4-1-14(2-5-16)13-29-20(28)26-9-7-25(8-10-26)19(27)12-15-3-6-17-18(11-15)23-24-22-17/h1-6,11H,7-10,12-13H2,(H,22,23,24). The number of nitrogens with one attached hydrogen (secondary N) is 1. The maximum Gasteiger partial charge on any atom is 0.410 e. The Morgan fingerprint density at radius 2 is 1.69 bits per heavy atom. The zero-order valence-electron chi connectivity index (χ0n) is 15.7. The number of carbonyl (C=O) groups is 2. The molecule has 0 radical (unpaired) electrons. The summed E-state index contributed by atoms with van der Waals surface area (Å²) in [5, 5.41) is 11.1. The average molecular weight is 414 g/mol. The van der Waals surface area contributed by atoms with Crippen molar-refractivity contribution in [2.24, 2.45) is 0 Å². The van der Waals surface area contributed by atoms with Gasteiger partial charge in [-0.1, -0.05) is 35.0 Å². The van der Waals surface area contributed by atoms with Crippen molar-refractivity contribution in [1.82, 2.24) is 25.2 Å². The van der Waals surface area contributed by atoms with Gasteiger partial charge < -0.3 is 14.5 Å². The third kappa shape index (κ3) is 4.65. The number of H-pyrrole nitrogens is 1. The van der Waals surface area contributed by atoms with Crippen LogP contribution < -0.4 is 0 Å². The molecule has 0 aliphatic carbocycles. The highest BCUT2D eigenvalue weighted by atomic mass is 35.5. The summed E-state index contributed by atoms with van der Waals surface area (Å²) in [5.41, 5.74) is 3.36. The summed E-state index contributed by atoms with van der Waals surface area (Å²) in [6, 6.07) is 12.8. The lowest BCUT2D eigenvalue weighted by atomic mass is 10.1. The summed E-state index contributed by atoms with van der Waals surface area (Å²) < 4.78 is 5.36. The van der Waals surface area contributed by atoms with Crippen LogP contribution in [0.5, 0.6) is 0 Å². The lowest BCUT2D eigenvalue weighted by Crippen LogP contribution is -2.51. The highest BCUT2D eigenvalue weighted by molar-refractivity contribution is 6.30. The average Bonchev–Trinajstić information content (AvgIpc) is 3.21. The van der Waals surface area contributed by atoms with E-state index in [0.717, 1.165) is 22.2 Å². The second-order valence-electron chi connectivity index (χ2n) is 6.89. The van der Waals surface area contributed by atoms with Crippen LogP contribution in [0.25, 0.3) is 11.0 Å². The van der Waals surface area contributed by atoms with Gasteiger partial charge in [-0.15, -0.1) is 5.10 Å². The number of carbonyl (C=O) groups excluding carboxylic acids is 2. The minimum absolute atomic E-state index is 0.0333. The van der Waals surface area contributed by atoms with Gasteiger partial charge in [-0.25, -0.2) is 4.79 Å². The van der Waals surface area contributed by atoms with Gasteiger partial charge in [0.25, 0.3) is 0 Å². The number of aromatic nitrogens is 3. The minimum Gasteiger partial charge on any atom is -0.445 e. The molecule has 1 aromatic heterocycles. The molecule has 0 bridgehead atoms. The third-order valence-electron chi connectivity index (χ3n) is 4.91. The number of benzene rings is 2. The number of rotatable bonds is 4. The first-order chi connectivity index (χ1) is 14.1. The third-order valence-corrected chi connectivity index (χ3v) is 5.16. The molecule has 3 aromatic rings. The van der Waals surface area contributed by atoms with Gasteiger partial charge in [-0.05, 0) is 35.4 Å². The number of piperazine rings is 1. The number of aromatic amines is 1. The molecule has 0 saturated carbocycles. The number of ether oxygens (including phenoxy) is 1. The quantitative estimate of drug-likeness (QED) is 0.710. The number of nitrogens with zero attached hydrogens (tertiary/aromatic N) is 4. The molecule has 4 rings (SSSR count). The summed E-state index contributed by atoms with van der Waals surface area (Å²) in [7, 11) is 0. The van der Waals surface area contributed by atoms with E-state index in [0.29, 0.717) is 37.6 Å². The normalized spacial score (nSPS) is 14.2. The Balaban J connectivity index is 1.25. The molecule has 2 heterocycles. The van der Waals surface area contributed by atoms with Gasteiger partial charge in [0.15, 0.2) is 0 Å². The van der Waals surface area contributed by atoms with Crippen LogP contribution in [-0.4, -0.2) is 63.4 Å². The van der Waals surface area contributed by atoms with Crippen molar-refractivity contribution < 1.29 is 14.3 Å². The second-order valence-corrected chi connectivity index (χ2v) is 7.33. The Hall–Kier alpha value is -3.13. The molecule has 150 valence electrons. The fourth-order valence-corrected chi connectivity index (χ4v) is 3.37. The summed E-state index contributed by atoms with van der Waals surface area (Å²) in [5.74, 6) is 0.0333. The molecule has 1 fully saturated rings. The molecule has 1 N–H and O–H groups in total. The van der Waals surface area contributed by atoms with E-state index >= 15 is 0 Å². The molecule has 1 aliphatic heterocycles. The van der Waals surface area contributed by atoms with Gasteiger partial charge in [-0.3, -0.25) is 9.89 Å². The lowest BCUT2D eigenvalue weighted by molar-refractivity contribution is -0.132. The molecule has 9 heteroatoms. The van der Waals surface area contributed by atoms with Crippen molar-refractivity contribution in [3.05, 3.63) is 58.6 Å². The molecule has 8 nitrogen and oxygen atoms in total. The van der Waals surface area contributed by atoms with Crippen LogP contribution in [0.1, 0.15) is 11.1 Å². The fourth-order valence-electron chi connectivity index (χ4n) is 3.24. The van der Waals surface area contributed by atoms with Gasteiger partial charge in [0, 0.05) is 31.2 Å². The maximum atomic E-state index is 12.6. The molecule has 2 amide bonds. The Morgan fingerprint density at radius 1 is 1.00 bits per heavy atom. The maximum absolute atomic E-state index is 12.6. The SMILES string of the molecule is O=C(Cc1ccc2nn[nH]c2c1)N1CCN(C(=O)OCc2ccc(Cl)cc2)CC1. The van der Waals surface area contributed by atoms with Crippen LogP contribution >= 0.6 is 11.6 Å². The zero-order valence-corrected chi connectivity index (χ0v) is 16.4. The molecule has 0 atom stereocenters. The van der Waals surface area contributed by atoms with Gasteiger partial charge >= 0.3 is 6.09 Å². The second kappa shape index (κ2) is 8.48. The number of halogens is 1. The van der Waals surface area contributed by atoms with Crippen molar-refractivity contribution >= 4 is 34.6 Å². The van der Waals surface area contributed by atoms with Crippen LogP contribution in [-0.2, 0) is 22.6 Å². The highest BCUT2D eigenvalue weighted by Crippen LogP contribution is 2.14. The van der Waals surface area contributed by atoms with E-state index in [2.05, 4.69) is 15.4 Å². The molecular weight excluding hydrogens is 394 g/mol. The van der Waals surface area contributed by atoms with Gasteiger partial charge in [-0.2, -0.15) is 0 Å². The highest BCUT2D eigenvalue weighted by Gasteiger charge is 2.25. The molecule has 1 aliphatic rings. The van der Waals surface area contributed by atoms with Crippen molar-refractivity contribution in [3.8, 4) is 0 Å². The minimum atomic E-state index is -0.371. The van der Waals surface area contributed by atoms with E-state index in [1.54, 1.807) is 21.9 Å². The number of amides is 2. The smallest absolute Gasteiger partial charge is 0.410 e. The Labute approximate surface area is 172 Å². The van der Waals surface area contributed by atoms with E-state index < -0.39 is 0 Å². The fraction of sp³-hybridized carbons (Fsp3) is 0.300. The van der Waals surface area contributed by atoms with Crippen LogP contribution in [0.3, 0.4) is 0 Å². The van der Waals surface area contributed by atoms with Crippen LogP contribution in [0.15, 0.2) is 42.5 Å². The van der Waals surface area contributed by atoms with Gasteiger partial charge in [0.05, 0.1) is 11.9 Å². The summed E-state index contributed by atoms with van der Waals surface area (Å²) in [4.78, 5) is 28.3. The first kappa shape index (κ1) is 19.2. The Morgan fingerprint density at radius 3 is 2.45 bits per heavy atom. The van der Waals surface area contributed by atoms with E-state index in [1.807, 2.05) is 30.3 Å². The Kier molecular flexibility index (Phi) is 5.62. The topological polar surface area (TPSA) is 91.4 Å². The first-order valence-electron chi connectivity index (χ1n) is 9.32. The molecule has 1 saturated heterocycles. The molecule has 0 unspecified atom stereocenters. The molecule has 29 heavy (non-hydrogen) atoms. The zero-order chi connectivity index (χ0) is 20.2. The van der Waals surface area contributed by atoms with E-state index in [1.165, 1.54) is 0 Å². The van der Waals surface area contributed by atoms with E-state index in [9.17, 15) is 9.59 Å². The molecule has 0 spiro atoms. The van der Waals surface area contributed by atoms with Crippen molar-refractivity contribution in [1.29, 1.82) is 0 Å². The Bertz CT molecular complexity index is 1010. The largest absolute Gasteiger partial charge is 0.445 e. The van der Waals surface area contributed by atoms with Crippen molar-refractivity contribution in [2.45, 2.75) is 13.0 Å². The van der Waals surface area contributed by atoms with Gasteiger partial charge in [0.2, 0.25) is 5.91 Å². The van der Waals surface area contributed by atoms with E-state index in [-0.39, 0.29) is 18.6 Å². The number of fused-ring (bicyclic) bond motifs is 1. The number of hydrogen-bond donors (Lipinski definition) is 1. The lowest BCUT2D eigenvalue weighted by Gasteiger charge is -2.34. The summed E-state index contributed by atoms with van der Waals surface area (Å²) >= 11 is 5.85. The predicted octanol–water partition coefficient (Wildman–Crippen LogP) is 2.63. The summed E-state index contributed by atoms with van der Waals surface area (Å²) in [6.45, 7) is 2.08. The van der Waals surface area contributed by atoms with Crippen molar-refractivity contribution in [2.75, 3.05) is 26.2 Å². The summed E-state index contributed by atoms with van der Waals surface area (Å²) in [6.07, 6.45) is -0.0695. The monoisotopic (exact) mass is 413 g/mol.